The van der Waals surface area contributed by atoms with Crippen LogP contribution in [-0.4, -0.2) is 70.3 Å². The number of hydrogen-bond donors (Lipinski definition) is 1. The number of fused-ring (bicyclic) bond motifs is 2. The topological polar surface area (TPSA) is 78.4 Å². The van der Waals surface area contributed by atoms with Gasteiger partial charge in [-0.15, -0.1) is 0 Å². The fourth-order valence-corrected chi connectivity index (χ4v) is 4.94. The molecule has 1 N–H and O–H groups in total. The second-order valence-electron chi connectivity index (χ2n) is 8.61. The molecule has 2 amide bonds. The molecule has 2 bridgehead atoms. The van der Waals surface area contributed by atoms with E-state index in [-0.39, 0.29) is 5.91 Å². The SMILES string of the molecule is Cc1cnc(C(=O)N2C[C@@H]3CN[C@H](CCCC(=O)N4CCCC4)[C@H](C3)C2)cn1. The van der Waals surface area contributed by atoms with Gasteiger partial charge >= 0.3 is 0 Å². The maximum atomic E-state index is 12.9. The summed E-state index contributed by atoms with van der Waals surface area (Å²) in [6, 6.07) is 0.391. The van der Waals surface area contributed by atoms with Crippen molar-refractivity contribution in [2.24, 2.45) is 11.8 Å². The van der Waals surface area contributed by atoms with Crippen LogP contribution in [-0.2, 0) is 4.79 Å². The Labute approximate surface area is 166 Å². The predicted molar refractivity (Wildman–Crippen MR) is 106 cm³/mol. The third-order valence-electron chi connectivity index (χ3n) is 6.46. The third kappa shape index (κ3) is 4.35. The summed E-state index contributed by atoms with van der Waals surface area (Å²) in [5.41, 5.74) is 1.26. The highest BCUT2D eigenvalue weighted by Crippen LogP contribution is 2.31. The summed E-state index contributed by atoms with van der Waals surface area (Å²) >= 11 is 0. The molecule has 28 heavy (non-hydrogen) atoms. The molecule has 0 aliphatic carbocycles. The largest absolute Gasteiger partial charge is 0.343 e. The van der Waals surface area contributed by atoms with E-state index in [4.69, 9.17) is 0 Å². The first-order valence-corrected chi connectivity index (χ1v) is 10.7. The Balaban J connectivity index is 1.30. The van der Waals surface area contributed by atoms with E-state index in [0.29, 0.717) is 35.9 Å². The zero-order valence-electron chi connectivity index (χ0n) is 16.8. The molecule has 7 nitrogen and oxygen atoms in total. The van der Waals surface area contributed by atoms with Gasteiger partial charge in [-0.05, 0) is 57.4 Å². The molecule has 3 fully saturated rings. The molecular formula is C21H31N5O2. The van der Waals surface area contributed by atoms with E-state index in [1.165, 1.54) is 6.42 Å². The summed E-state index contributed by atoms with van der Waals surface area (Å²) in [5.74, 6) is 1.26. The predicted octanol–water partition coefficient (Wildman–Crippen LogP) is 1.63. The van der Waals surface area contributed by atoms with Crippen LogP contribution in [0.4, 0.5) is 0 Å². The second-order valence-corrected chi connectivity index (χ2v) is 8.61. The average molecular weight is 386 g/mol. The van der Waals surface area contributed by atoms with Crippen molar-refractivity contribution in [2.45, 2.75) is 51.5 Å². The smallest absolute Gasteiger partial charge is 0.274 e. The number of nitrogens with zero attached hydrogens (tertiary/aromatic N) is 4. The molecule has 0 saturated carbocycles. The normalized spacial score (nSPS) is 27.1. The average Bonchev–Trinajstić information content (AvgIpc) is 3.24. The molecular weight excluding hydrogens is 354 g/mol. The van der Waals surface area contributed by atoms with Crippen molar-refractivity contribution in [3.8, 4) is 0 Å². The minimum absolute atomic E-state index is 0.00735. The Morgan fingerprint density at radius 2 is 1.96 bits per heavy atom. The number of hydrogen-bond acceptors (Lipinski definition) is 5. The number of aryl methyl sites for hydroxylation is 1. The number of carbonyl (C=O) groups is 2. The molecule has 3 saturated heterocycles. The van der Waals surface area contributed by atoms with Crippen LogP contribution in [0, 0.1) is 18.8 Å². The first-order valence-electron chi connectivity index (χ1n) is 10.7. The maximum absolute atomic E-state index is 12.9. The Bertz CT molecular complexity index is 701. The maximum Gasteiger partial charge on any atom is 0.274 e. The molecule has 4 rings (SSSR count). The number of likely N-dealkylation sites (tertiary alicyclic amines) is 2. The first kappa shape index (κ1) is 19.3. The van der Waals surface area contributed by atoms with Gasteiger partial charge in [0.25, 0.3) is 5.91 Å². The molecule has 3 aliphatic rings. The number of carbonyl (C=O) groups excluding carboxylic acids is 2. The fraction of sp³-hybridized carbons (Fsp3) is 0.714. The molecule has 0 spiro atoms. The van der Waals surface area contributed by atoms with Gasteiger partial charge in [0.2, 0.25) is 5.91 Å². The molecule has 3 aliphatic heterocycles. The molecule has 0 unspecified atom stereocenters. The van der Waals surface area contributed by atoms with Crippen molar-refractivity contribution in [1.82, 2.24) is 25.1 Å². The van der Waals surface area contributed by atoms with E-state index in [1.807, 2.05) is 16.7 Å². The minimum atomic E-state index is -0.00735. The van der Waals surface area contributed by atoms with Crippen molar-refractivity contribution < 1.29 is 9.59 Å². The van der Waals surface area contributed by atoms with Crippen molar-refractivity contribution in [3.05, 3.63) is 23.8 Å². The van der Waals surface area contributed by atoms with Crippen molar-refractivity contribution in [2.75, 3.05) is 32.7 Å². The number of nitrogens with one attached hydrogen (secondary N) is 1. The highest BCUT2D eigenvalue weighted by atomic mass is 16.2. The van der Waals surface area contributed by atoms with Gasteiger partial charge in [-0.25, -0.2) is 4.98 Å². The highest BCUT2D eigenvalue weighted by molar-refractivity contribution is 5.92. The lowest BCUT2D eigenvalue weighted by atomic mass is 9.79. The third-order valence-corrected chi connectivity index (χ3v) is 6.46. The van der Waals surface area contributed by atoms with Gasteiger partial charge in [0, 0.05) is 44.8 Å². The van der Waals surface area contributed by atoms with Crippen molar-refractivity contribution in [3.63, 3.8) is 0 Å². The van der Waals surface area contributed by atoms with Crippen LogP contribution >= 0.6 is 0 Å². The molecule has 7 heteroatoms. The number of piperidine rings is 2. The van der Waals surface area contributed by atoms with Gasteiger partial charge in [-0.3, -0.25) is 14.6 Å². The fourth-order valence-electron chi connectivity index (χ4n) is 4.94. The van der Waals surface area contributed by atoms with Crippen molar-refractivity contribution in [1.29, 1.82) is 0 Å². The van der Waals surface area contributed by atoms with Crippen LogP contribution in [0.1, 0.15) is 54.7 Å². The zero-order chi connectivity index (χ0) is 19.5. The van der Waals surface area contributed by atoms with Crippen LogP contribution in [0.5, 0.6) is 0 Å². The van der Waals surface area contributed by atoms with Gasteiger partial charge < -0.3 is 15.1 Å². The van der Waals surface area contributed by atoms with E-state index in [2.05, 4.69) is 15.3 Å². The molecule has 1 aromatic heterocycles. The van der Waals surface area contributed by atoms with Crippen LogP contribution in [0.25, 0.3) is 0 Å². The minimum Gasteiger partial charge on any atom is -0.343 e. The standard InChI is InChI=1S/C21H31N5O2/c1-15-10-23-19(12-22-15)21(28)26-13-16-9-17(14-26)18(24-11-16)5-4-6-20(27)25-7-2-3-8-25/h10,12,16-18,24H,2-9,11,13-14H2,1H3/t16-,17+,18+/m0/s1. The molecule has 1 aromatic rings. The van der Waals surface area contributed by atoms with Crippen LogP contribution in [0.2, 0.25) is 0 Å². The lowest BCUT2D eigenvalue weighted by Gasteiger charge is -2.46. The Morgan fingerprint density at radius 1 is 1.14 bits per heavy atom. The van der Waals surface area contributed by atoms with E-state index in [9.17, 15) is 9.59 Å². The van der Waals surface area contributed by atoms with E-state index in [0.717, 1.165) is 64.1 Å². The van der Waals surface area contributed by atoms with Gasteiger partial charge in [-0.2, -0.15) is 0 Å². The summed E-state index contributed by atoms with van der Waals surface area (Å²) in [6.45, 7) is 6.25. The lowest BCUT2D eigenvalue weighted by Crippen LogP contribution is -2.57. The summed E-state index contributed by atoms with van der Waals surface area (Å²) in [4.78, 5) is 37.6. The zero-order valence-corrected chi connectivity index (χ0v) is 16.8. The summed E-state index contributed by atoms with van der Waals surface area (Å²) in [6.07, 6.45) is 9.27. The van der Waals surface area contributed by atoms with Gasteiger partial charge in [0.15, 0.2) is 0 Å². The first-order chi connectivity index (χ1) is 13.6. The molecule has 152 valence electrons. The lowest BCUT2D eigenvalue weighted by molar-refractivity contribution is -0.130. The van der Waals surface area contributed by atoms with Crippen LogP contribution < -0.4 is 5.32 Å². The van der Waals surface area contributed by atoms with Crippen LogP contribution in [0.3, 0.4) is 0 Å². The van der Waals surface area contributed by atoms with Gasteiger partial charge in [-0.1, -0.05) is 0 Å². The summed E-state index contributed by atoms with van der Waals surface area (Å²) < 4.78 is 0. The number of amides is 2. The quantitative estimate of drug-likeness (QED) is 0.833. The number of aromatic nitrogens is 2. The molecule has 0 aromatic carbocycles. The summed E-state index contributed by atoms with van der Waals surface area (Å²) in [7, 11) is 0. The Hall–Kier alpha value is -2.02. The van der Waals surface area contributed by atoms with Gasteiger partial charge in [0.1, 0.15) is 5.69 Å². The molecule has 0 radical (unpaired) electrons. The Morgan fingerprint density at radius 3 is 2.71 bits per heavy atom. The van der Waals surface area contributed by atoms with Crippen LogP contribution in [0.15, 0.2) is 12.4 Å². The monoisotopic (exact) mass is 385 g/mol. The van der Waals surface area contributed by atoms with E-state index < -0.39 is 0 Å². The second kappa shape index (κ2) is 8.55. The molecule has 4 heterocycles. The Kier molecular flexibility index (Phi) is 5.90. The number of rotatable bonds is 5. The van der Waals surface area contributed by atoms with Crippen molar-refractivity contribution >= 4 is 11.8 Å². The van der Waals surface area contributed by atoms with Gasteiger partial charge in [0.05, 0.1) is 11.9 Å². The van der Waals surface area contributed by atoms with E-state index in [1.54, 1.807) is 12.4 Å². The van der Waals surface area contributed by atoms with E-state index >= 15 is 0 Å². The molecule has 3 atom stereocenters. The highest BCUT2D eigenvalue weighted by Gasteiger charge is 2.38. The summed E-state index contributed by atoms with van der Waals surface area (Å²) in [5, 5.41) is 3.68.